The maximum Gasteiger partial charge on any atom is 0.234 e. The molecule has 0 saturated heterocycles. The molecule has 90 valence electrons. The Hall–Kier alpha value is -1.26. The van der Waals surface area contributed by atoms with Gasteiger partial charge in [-0.15, -0.1) is 12.4 Å². The van der Waals surface area contributed by atoms with E-state index in [0.717, 1.165) is 11.3 Å². The molecule has 0 fully saturated rings. The number of methoxy groups -OCH3 is 1. The van der Waals surface area contributed by atoms with E-state index in [1.165, 1.54) is 0 Å². The Morgan fingerprint density at radius 1 is 1.44 bits per heavy atom. The van der Waals surface area contributed by atoms with Gasteiger partial charge in [0.15, 0.2) is 0 Å². The fraction of sp³-hybridized carbons (Fsp3) is 0.364. The van der Waals surface area contributed by atoms with E-state index in [2.05, 4.69) is 5.32 Å². The summed E-state index contributed by atoms with van der Waals surface area (Å²) in [6, 6.07) is 7.52. The molecule has 1 rings (SSSR count). The minimum absolute atomic E-state index is 0. The van der Waals surface area contributed by atoms with Crippen LogP contribution in [0.4, 0.5) is 0 Å². The van der Waals surface area contributed by atoms with Crippen molar-refractivity contribution in [3.05, 3.63) is 29.8 Å². The molecule has 0 aliphatic carbocycles. The SMILES string of the molecule is COc1ccc(C(C)NC(=O)CN)cc1.Cl. The molecule has 1 unspecified atom stereocenters. The summed E-state index contributed by atoms with van der Waals surface area (Å²) in [4.78, 5) is 11.1. The van der Waals surface area contributed by atoms with Gasteiger partial charge in [0.2, 0.25) is 5.91 Å². The largest absolute Gasteiger partial charge is 0.497 e. The van der Waals surface area contributed by atoms with Crippen molar-refractivity contribution in [1.29, 1.82) is 0 Å². The van der Waals surface area contributed by atoms with Crippen LogP contribution in [0.3, 0.4) is 0 Å². The molecule has 1 amide bonds. The highest BCUT2D eigenvalue weighted by Gasteiger charge is 2.07. The van der Waals surface area contributed by atoms with Crippen molar-refractivity contribution in [1.82, 2.24) is 5.32 Å². The van der Waals surface area contributed by atoms with Crippen LogP contribution in [0.5, 0.6) is 5.75 Å². The van der Waals surface area contributed by atoms with E-state index in [1.54, 1.807) is 7.11 Å². The normalized spacial score (nSPS) is 11.2. The van der Waals surface area contributed by atoms with E-state index in [4.69, 9.17) is 10.5 Å². The predicted octanol–water partition coefficient (Wildman–Crippen LogP) is 1.25. The van der Waals surface area contributed by atoms with Gasteiger partial charge in [0.1, 0.15) is 5.75 Å². The number of benzene rings is 1. The summed E-state index contributed by atoms with van der Waals surface area (Å²) >= 11 is 0. The molecule has 0 aliphatic heterocycles. The first kappa shape index (κ1) is 14.7. The summed E-state index contributed by atoms with van der Waals surface area (Å²) in [7, 11) is 1.62. The van der Waals surface area contributed by atoms with Gasteiger partial charge in [0.25, 0.3) is 0 Å². The van der Waals surface area contributed by atoms with Crippen LogP contribution >= 0.6 is 12.4 Å². The zero-order chi connectivity index (χ0) is 11.3. The van der Waals surface area contributed by atoms with Crippen LogP contribution in [0.25, 0.3) is 0 Å². The second kappa shape index (κ2) is 7.09. The average Bonchev–Trinajstić information content (AvgIpc) is 2.29. The Balaban J connectivity index is 0.00000225. The highest BCUT2D eigenvalue weighted by atomic mass is 35.5. The third-order valence-corrected chi connectivity index (χ3v) is 2.18. The standard InChI is InChI=1S/C11H16N2O2.ClH/c1-8(13-11(14)7-12)9-3-5-10(15-2)6-4-9;/h3-6,8H,7,12H2,1-2H3,(H,13,14);1H. The minimum Gasteiger partial charge on any atom is -0.497 e. The van der Waals surface area contributed by atoms with Gasteiger partial charge in [-0.2, -0.15) is 0 Å². The molecule has 0 bridgehead atoms. The van der Waals surface area contributed by atoms with Crippen molar-refractivity contribution in [3.63, 3.8) is 0 Å². The number of nitrogens with one attached hydrogen (secondary N) is 1. The lowest BCUT2D eigenvalue weighted by Gasteiger charge is -2.13. The smallest absolute Gasteiger partial charge is 0.234 e. The quantitative estimate of drug-likeness (QED) is 0.838. The number of carbonyl (C=O) groups excluding carboxylic acids is 1. The van der Waals surface area contributed by atoms with Gasteiger partial charge in [-0.1, -0.05) is 12.1 Å². The topological polar surface area (TPSA) is 64.3 Å². The first-order valence-electron chi connectivity index (χ1n) is 4.80. The second-order valence-corrected chi connectivity index (χ2v) is 3.27. The van der Waals surface area contributed by atoms with Crippen LogP contribution in [0.1, 0.15) is 18.5 Å². The number of halogens is 1. The number of ether oxygens (including phenoxy) is 1. The van der Waals surface area contributed by atoms with Crippen LogP contribution in [0, 0.1) is 0 Å². The third kappa shape index (κ3) is 4.08. The summed E-state index contributed by atoms with van der Waals surface area (Å²) < 4.78 is 5.04. The van der Waals surface area contributed by atoms with Crippen LogP contribution in [-0.4, -0.2) is 19.6 Å². The number of rotatable bonds is 4. The Morgan fingerprint density at radius 3 is 2.44 bits per heavy atom. The monoisotopic (exact) mass is 244 g/mol. The van der Waals surface area contributed by atoms with E-state index in [1.807, 2.05) is 31.2 Å². The first-order chi connectivity index (χ1) is 7.17. The van der Waals surface area contributed by atoms with Gasteiger partial charge < -0.3 is 15.8 Å². The summed E-state index contributed by atoms with van der Waals surface area (Å²) in [5.74, 6) is 0.648. The summed E-state index contributed by atoms with van der Waals surface area (Å²) in [6.45, 7) is 1.93. The fourth-order valence-corrected chi connectivity index (χ4v) is 1.28. The molecule has 0 aromatic heterocycles. The van der Waals surface area contributed by atoms with Gasteiger partial charge in [-0.05, 0) is 24.6 Å². The molecule has 0 heterocycles. The van der Waals surface area contributed by atoms with E-state index in [0.29, 0.717) is 0 Å². The van der Waals surface area contributed by atoms with E-state index >= 15 is 0 Å². The number of hydrogen-bond donors (Lipinski definition) is 2. The van der Waals surface area contributed by atoms with E-state index in [-0.39, 0.29) is 30.9 Å². The average molecular weight is 245 g/mol. The van der Waals surface area contributed by atoms with Gasteiger partial charge in [-0.3, -0.25) is 4.79 Å². The zero-order valence-corrected chi connectivity index (χ0v) is 10.2. The predicted molar refractivity (Wildman–Crippen MR) is 65.9 cm³/mol. The molecule has 1 aromatic carbocycles. The first-order valence-corrected chi connectivity index (χ1v) is 4.80. The maximum atomic E-state index is 11.1. The van der Waals surface area contributed by atoms with Crippen LogP contribution in [0.15, 0.2) is 24.3 Å². The molecule has 3 N–H and O–H groups in total. The molecular formula is C11H17ClN2O2. The van der Waals surface area contributed by atoms with Gasteiger partial charge in [0, 0.05) is 0 Å². The third-order valence-electron chi connectivity index (χ3n) is 2.18. The zero-order valence-electron chi connectivity index (χ0n) is 9.40. The summed E-state index contributed by atoms with van der Waals surface area (Å²) in [5.41, 5.74) is 6.24. The van der Waals surface area contributed by atoms with Crippen LogP contribution < -0.4 is 15.8 Å². The molecule has 0 saturated carbocycles. The minimum atomic E-state index is -0.154. The lowest BCUT2D eigenvalue weighted by molar-refractivity contribution is -0.120. The molecular weight excluding hydrogens is 228 g/mol. The van der Waals surface area contributed by atoms with Crippen LogP contribution in [0.2, 0.25) is 0 Å². The molecule has 0 radical (unpaired) electrons. The Bertz CT molecular complexity index is 327. The lowest BCUT2D eigenvalue weighted by atomic mass is 10.1. The molecule has 0 aliphatic rings. The summed E-state index contributed by atoms with van der Waals surface area (Å²) in [5, 5.41) is 2.78. The molecule has 5 heteroatoms. The van der Waals surface area contributed by atoms with Crippen molar-refractivity contribution in [2.24, 2.45) is 5.73 Å². The molecule has 0 spiro atoms. The number of nitrogens with two attached hydrogens (primary N) is 1. The molecule has 4 nitrogen and oxygen atoms in total. The van der Waals surface area contributed by atoms with Crippen molar-refractivity contribution >= 4 is 18.3 Å². The van der Waals surface area contributed by atoms with Crippen molar-refractivity contribution in [2.45, 2.75) is 13.0 Å². The Labute approximate surface area is 102 Å². The number of carbonyl (C=O) groups is 1. The second-order valence-electron chi connectivity index (χ2n) is 3.27. The van der Waals surface area contributed by atoms with Gasteiger partial charge >= 0.3 is 0 Å². The van der Waals surface area contributed by atoms with Crippen molar-refractivity contribution < 1.29 is 9.53 Å². The number of hydrogen-bond acceptors (Lipinski definition) is 3. The Morgan fingerprint density at radius 2 is 2.00 bits per heavy atom. The van der Waals surface area contributed by atoms with Crippen molar-refractivity contribution in [3.8, 4) is 5.75 Å². The fourth-order valence-electron chi connectivity index (χ4n) is 1.28. The van der Waals surface area contributed by atoms with Gasteiger partial charge in [0.05, 0.1) is 19.7 Å². The lowest BCUT2D eigenvalue weighted by Crippen LogP contribution is -2.32. The van der Waals surface area contributed by atoms with Gasteiger partial charge in [-0.25, -0.2) is 0 Å². The molecule has 1 aromatic rings. The maximum absolute atomic E-state index is 11.1. The van der Waals surface area contributed by atoms with E-state index in [9.17, 15) is 4.79 Å². The Kier molecular flexibility index (Phi) is 6.53. The number of amides is 1. The van der Waals surface area contributed by atoms with Crippen molar-refractivity contribution in [2.75, 3.05) is 13.7 Å². The highest BCUT2D eigenvalue weighted by molar-refractivity contribution is 5.85. The van der Waals surface area contributed by atoms with Crippen LogP contribution in [-0.2, 0) is 4.79 Å². The van der Waals surface area contributed by atoms with E-state index < -0.39 is 0 Å². The molecule has 1 atom stereocenters. The highest BCUT2D eigenvalue weighted by Crippen LogP contribution is 2.16. The summed E-state index contributed by atoms with van der Waals surface area (Å²) in [6.07, 6.45) is 0. The molecule has 16 heavy (non-hydrogen) atoms.